The molecule has 1 N–H and O–H groups in total. The molecule has 0 amide bonds. The Morgan fingerprint density at radius 2 is 2.06 bits per heavy atom. The molecule has 0 aromatic heterocycles. The number of rotatable bonds is 4. The zero-order chi connectivity index (χ0) is 13.0. The predicted octanol–water partition coefficient (Wildman–Crippen LogP) is 3.18. The lowest BCUT2D eigenvalue weighted by Gasteiger charge is -2.20. The van der Waals surface area contributed by atoms with Crippen molar-refractivity contribution in [3.8, 4) is 0 Å². The Morgan fingerprint density at radius 1 is 1.33 bits per heavy atom. The minimum absolute atomic E-state index is 0.353. The average molecular weight is 266 g/mol. The molecule has 0 saturated carbocycles. The summed E-state index contributed by atoms with van der Waals surface area (Å²) in [5.74, 6) is 0.362. The molecule has 1 aromatic rings. The second-order valence-electron chi connectivity index (χ2n) is 4.80. The highest BCUT2D eigenvalue weighted by Crippen LogP contribution is 2.41. The number of allylic oxidation sites excluding steroid dienone is 2. The summed E-state index contributed by atoms with van der Waals surface area (Å²) in [5, 5.41) is 0.374. The molecule has 1 aliphatic carbocycles. The highest BCUT2D eigenvalue weighted by Gasteiger charge is 2.24. The fourth-order valence-electron chi connectivity index (χ4n) is 2.02. The Morgan fingerprint density at radius 3 is 2.67 bits per heavy atom. The first-order valence-corrected chi connectivity index (χ1v) is 7.85. The molecule has 18 heavy (non-hydrogen) atoms. The maximum Gasteiger partial charge on any atom is 0.358 e. The number of benzene rings is 1. The standard InChI is InChI=1S/C14H19O3P/c1-12-7-9-14(10-8-12)18(15,16)17-11-13-5-3-2-4-6-13/h2-3,7-10,13H,4-6,11H2,1H3,(H,15,16). The van der Waals surface area contributed by atoms with E-state index in [2.05, 4.69) is 12.2 Å². The maximum atomic E-state index is 12.1. The lowest BCUT2D eigenvalue weighted by atomic mass is 9.96. The van der Waals surface area contributed by atoms with Gasteiger partial charge in [-0.2, -0.15) is 0 Å². The van der Waals surface area contributed by atoms with Crippen molar-refractivity contribution in [2.24, 2.45) is 5.92 Å². The molecule has 0 saturated heterocycles. The van der Waals surface area contributed by atoms with Crippen LogP contribution in [0.2, 0.25) is 0 Å². The molecule has 3 nitrogen and oxygen atoms in total. The van der Waals surface area contributed by atoms with Crippen LogP contribution in [0.4, 0.5) is 0 Å². The second-order valence-corrected chi connectivity index (χ2v) is 6.62. The van der Waals surface area contributed by atoms with Gasteiger partial charge in [-0.15, -0.1) is 0 Å². The fraction of sp³-hybridized carbons (Fsp3) is 0.429. The minimum Gasteiger partial charge on any atom is -0.321 e. The van der Waals surface area contributed by atoms with Crippen LogP contribution in [0.25, 0.3) is 0 Å². The van der Waals surface area contributed by atoms with E-state index >= 15 is 0 Å². The molecule has 1 aromatic carbocycles. The zero-order valence-electron chi connectivity index (χ0n) is 10.6. The molecular formula is C14H19O3P. The van der Waals surface area contributed by atoms with Crippen LogP contribution in [0.3, 0.4) is 0 Å². The van der Waals surface area contributed by atoms with E-state index in [1.54, 1.807) is 12.1 Å². The molecule has 4 heteroatoms. The van der Waals surface area contributed by atoms with Crippen molar-refractivity contribution in [3.05, 3.63) is 42.0 Å². The van der Waals surface area contributed by atoms with Crippen molar-refractivity contribution < 1.29 is 14.0 Å². The summed E-state index contributed by atoms with van der Waals surface area (Å²) in [5.41, 5.74) is 1.07. The Kier molecular flexibility index (Phi) is 4.39. The van der Waals surface area contributed by atoms with Gasteiger partial charge >= 0.3 is 7.60 Å². The van der Waals surface area contributed by atoms with E-state index in [1.807, 2.05) is 19.1 Å². The summed E-state index contributed by atoms with van der Waals surface area (Å²) in [6.45, 7) is 2.30. The lowest BCUT2D eigenvalue weighted by Crippen LogP contribution is -2.14. The fourth-order valence-corrected chi connectivity index (χ4v) is 3.11. The molecule has 0 radical (unpaired) electrons. The van der Waals surface area contributed by atoms with E-state index in [1.165, 1.54) is 0 Å². The first kappa shape index (κ1) is 13.5. The molecule has 0 fully saturated rings. The quantitative estimate of drug-likeness (QED) is 0.672. The van der Waals surface area contributed by atoms with Crippen LogP contribution in [0.1, 0.15) is 24.8 Å². The van der Waals surface area contributed by atoms with E-state index in [4.69, 9.17) is 4.52 Å². The van der Waals surface area contributed by atoms with Gasteiger partial charge in [0.2, 0.25) is 0 Å². The summed E-state index contributed by atoms with van der Waals surface area (Å²) in [6, 6.07) is 6.98. The van der Waals surface area contributed by atoms with E-state index < -0.39 is 7.60 Å². The molecular weight excluding hydrogens is 247 g/mol. The Bertz CT molecular complexity index is 464. The van der Waals surface area contributed by atoms with Crippen LogP contribution in [-0.2, 0) is 9.09 Å². The molecule has 2 unspecified atom stereocenters. The van der Waals surface area contributed by atoms with E-state index in [0.717, 1.165) is 24.8 Å². The zero-order valence-corrected chi connectivity index (χ0v) is 11.5. The monoisotopic (exact) mass is 266 g/mol. The average Bonchev–Trinajstić information content (AvgIpc) is 2.38. The normalized spacial score (nSPS) is 22.7. The number of aryl methyl sites for hydroxylation is 1. The number of hydrogen-bond acceptors (Lipinski definition) is 2. The second kappa shape index (κ2) is 5.83. The van der Waals surface area contributed by atoms with Crippen molar-refractivity contribution in [2.45, 2.75) is 26.2 Å². The third-order valence-corrected chi connectivity index (χ3v) is 4.67. The lowest BCUT2D eigenvalue weighted by molar-refractivity contribution is 0.214. The Labute approximate surface area is 108 Å². The van der Waals surface area contributed by atoms with Gasteiger partial charge in [0, 0.05) is 0 Å². The van der Waals surface area contributed by atoms with Crippen LogP contribution in [0, 0.1) is 12.8 Å². The molecule has 0 heterocycles. The largest absolute Gasteiger partial charge is 0.358 e. The summed E-state index contributed by atoms with van der Waals surface area (Å²) in [4.78, 5) is 9.92. The third kappa shape index (κ3) is 3.55. The van der Waals surface area contributed by atoms with Crippen LogP contribution >= 0.6 is 7.60 Å². The summed E-state index contributed by atoms with van der Waals surface area (Å²) >= 11 is 0. The Balaban J connectivity index is 1.96. The molecule has 0 aliphatic heterocycles. The van der Waals surface area contributed by atoms with Gasteiger partial charge in [0.25, 0.3) is 0 Å². The third-order valence-electron chi connectivity index (χ3n) is 3.22. The van der Waals surface area contributed by atoms with Crippen LogP contribution in [0.15, 0.2) is 36.4 Å². The number of hydrogen-bond donors (Lipinski definition) is 1. The van der Waals surface area contributed by atoms with Gasteiger partial charge in [0.05, 0.1) is 11.9 Å². The van der Waals surface area contributed by atoms with Gasteiger partial charge < -0.3 is 9.42 Å². The van der Waals surface area contributed by atoms with Gasteiger partial charge in [-0.1, -0.05) is 29.8 Å². The molecule has 0 bridgehead atoms. The Hall–Kier alpha value is -0.890. The summed E-state index contributed by atoms with van der Waals surface area (Å²) < 4.78 is 17.4. The van der Waals surface area contributed by atoms with Crippen LogP contribution < -0.4 is 5.30 Å². The van der Waals surface area contributed by atoms with Crippen LogP contribution in [-0.4, -0.2) is 11.5 Å². The first-order valence-electron chi connectivity index (χ1n) is 6.27. The molecule has 1 aliphatic rings. The molecule has 2 rings (SSSR count). The van der Waals surface area contributed by atoms with E-state index in [-0.39, 0.29) is 0 Å². The molecule has 98 valence electrons. The van der Waals surface area contributed by atoms with E-state index in [0.29, 0.717) is 17.8 Å². The summed E-state index contributed by atoms with van der Waals surface area (Å²) in [7, 11) is -3.66. The van der Waals surface area contributed by atoms with Crippen LogP contribution in [0.5, 0.6) is 0 Å². The van der Waals surface area contributed by atoms with Gasteiger partial charge in [-0.05, 0) is 44.2 Å². The highest BCUT2D eigenvalue weighted by atomic mass is 31.2. The predicted molar refractivity (Wildman–Crippen MR) is 73.1 cm³/mol. The summed E-state index contributed by atoms with van der Waals surface area (Å²) in [6.07, 6.45) is 7.27. The van der Waals surface area contributed by atoms with Crippen molar-refractivity contribution in [2.75, 3.05) is 6.61 Å². The highest BCUT2D eigenvalue weighted by molar-refractivity contribution is 7.61. The SMILES string of the molecule is Cc1ccc(P(=O)(O)OCC2CC=CCC2)cc1. The van der Waals surface area contributed by atoms with E-state index in [9.17, 15) is 9.46 Å². The minimum atomic E-state index is -3.66. The van der Waals surface area contributed by atoms with Crippen molar-refractivity contribution in [3.63, 3.8) is 0 Å². The van der Waals surface area contributed by atoms with Gasteiger partial charge in [0.15, 0.2) is 0 Å². The molecule has 0 spiro atoms. The van der Waals surface area contributed by atoms with Crippen molar-refractivity contribution >= 4 is 12.9 Å². The van der Waals surface area contributed by atoms with Crippen molar-refractivity contribution in [1.29, 1.82) is 0 Å². The molecule has 2 atom stereocenters. The first-order chi connectivity index (χ1) is 8.58. The van der Waals surface area contributed by atoms with Crippen molar-refractivity contribution in [1.82, 2.24) is 0 Å². The van der Waals surface area contributed by atoms with Gasteiger partial charge in [-0.3, -0.25) is 4.57 Å². The van der Waals surface area contributed by atoms with Gasteiger partial charge in [-0.25, -0.2) is 0 Å². The van der Waals surface area contributed by atoms with Gasteiger partial charge in [0.1, 0.15) is 0 Å². The maximum absolute atomic E-state index is 12.1. The smallest absolute Gasteiger partial charge is 0.321 e. The topological polar surface area (TPSA) is 46.5 Å².